The van der Waals surface area contributed by atoms with E-state index in [1.165, 1.54) is 0 Å². The molecule has 0 aliphatic heterocycles. The Morgan fingerprint density at radius 3 is 2.00 bits per heavy atom. The Morgan fingerprint density at radius 1 is 1.00 bits per heavy atom. The minimum absolute atomic E-state index is 0.328. The van der Waals surface area contributed by atoms with Gasteiger partial charge in [-0.1, -0.05) is 0 Å². The van der Waals surface area contributed by atoms with E-state index in [1.54, 1.807) is 0 Å². The average Bonchev–Trinajstić information content (AvgIpc) is 1.94. The second-order valence-corrected chi connectivity index (χ2v) is 2.36. The first-order valence-corrected chi connectivity index (χ1v) is 3.14. The predicted molar refractivity (Wildman–Crippen MR) is 36.4 cm³/mol. The number of phenolic OH excluding ortho intramolecular Hbond substituents is 3. The normalized spacial score (nSPS) is 11.6. The molecule has 6 heteroatoms. The van der Waals surface area contributed by atoms with Crippen LogP contribution in [-0.4, -0.2) is 15.3 Å². The summed E-state index contributed by atoms with van der Waals surface area (Å²) in [7, 11) is 0. The van der Waals surface area contributed by atoms with Crippen molar-refractivity contribution in [3.05, 3.63) is 17.7 Å². The van der Waals surface area contributed by atoms with E-state index >= 15 is 0 Å². The molecule has 1 rings (SSSR count). The van der Waals surface area contributed by atoms with Crippen molar-refractivity contribution in [3.63, 3.8) is 0 Å². The van der Waals surface area contributed by atoms with E-state index in [4.69, 9.17) is 15.3 Å². The zero-order valence-corrected chi connectivity index (χ0v) is 6.13. The summed E-state index contributed by atoms with van der Waals surface area (Å²) in [6, 6.07) is 0.944. The largest absolute Gasteiger partial charge is 0.508 e. The van der Waals surface area contributed by atoms with Gasteiger partial charge in [0.15, 0.2) is 11.5 Å². The molecule has 0 bridgehead atoms. The van der Waals surface area contributed by atoms with Gasteiger partial charge < -0.3 is 15.3 Å². The van der Waals surface area contributed by atoms with E-state index < -0.39 is 29.0 Å². The van der Waals surface area contributed by atoms with Crippen LogP contribution in [0.4, 0.5) is 13.2 Å². The van der Waals surface area contributed by atoms with Gasteiger partial charge in [0, 0.05) is 6.07 Å². The first-order valence-electron chi connectivity index (χ1n) is 3.14. The molecule has 0 aliphatic rings. The summed E-state index contributed by atoms with van der Waals surface area (Å²) < 4.78 is 36.1. The third kappa shape index (κ3) is 1.77. The monoisotopic (exact) mass is 194 g/mol. The Labute approximate surface area is 70.7 Å². The maximum absolute atomic E-state index is 12.0. The lowest BCUT2D eigenvalue weighted by Crippen LogP contribution is -2.04. The number of alkyl halides is 3. The molecular formula is C7H5F3O3. The van der Waals surface area contributed by atoms with Crippen molar-refractivity contribution < 1.29 is 28.5 Å². The van der Waals surface area contributed by atoms with Crippen molar-refractivity contribution in [2.75, 3.05) is 0 Å². The van der Waals surface area contributed by atoms with Crippen molar-refractivity contribution in [3.8, 4) is 17.2 Å². The summed E-state index contributed by atoms with van der Waals surface area (Å²) in [5.74, 6) is -3.06. The Balaban J connectivity index is 3.37. The van der Waals surface area contributed by atoms with Crippen LogP contribution in [0, 0.1) is 0 Å². The molecule has 0 unspecified atom stereocenters. The fraction of sp³-hybridized carbons (Fsp3) is 0.143. The van der Waals surface area contributed by atoms with E-state index in [0.29, 0.717) is 12.1 Å². The lowest BCUT2D eigenvalue weighted by Gasteiger charge is -2.09. The molecule has 0 saturated heterocycles. The minimum Gasteiger partial charge on any atom is -0.508 e. The number of rotatable bonds is 0. The maximum atomic E-state index is 12.0. The van der Waals surface area contributed by atoms with Crippen LogP contribution in [0.1, 0.15) is 5.56 Å². The number of phenols is 3. The highest BCUT2D eigenvalue weighted by molar-refractivity contribution is 5.50. The standard InChI is InChI=1S/C7H5F3O3/c8-7(9,10)4-1-3(11)2-5(12)6(4)13/h1-2,11-13H. The van der Waals surface area contributed by atoms with Gasteiger partial charge in [-0.05, 0) is 6.07 Å². The van der Waals surface area contributed by atoms with Crippen molar-refractivity contribution in [1.29, 1.82) is 0 Å². The molecule has 0 aliphatic carbocycles. The van der Waals surface area contributed by atoms with Gasteiger partial charge in [-0.2, -0.15) is 13.2 Å². The van der Waals surface area contributed by atoms with Gasteiger partial charge in [-0.25, -0.2) is 0 Å². The second-order valence-electron chi connectivity index (χ2n) is 2.36. The third-order valence-corrected chi connectivity index (χ3v) is 1.38. The van der Waals surface area contributed by atoms with Gasteiger partial charge in [-0.3, -0.25) is 0 Å². The van der Waals surface area contributed by atoms with Crippen molar-refractivity contribution >= 4 is 0 Å². The van der Waals surface area contributed by atoms with Gasteiger partial charge in [0.1, 0.15) is 11.3 Å². The molecule has 3 nitrogen and oxygen atoms in total. The molecule has 3 N–H and O–H groups in total. The van der Waals surface area contributed by atoms with E-state index in [0.717, 1.165) is 0 Å². The highest BCUT2D eigenvalue weighted by atomic mass is 19.4. The van der Waals surface area contributed by atoms with Crippen LogP contribution < -0.4 is 0 Å². The molecule has 0 saturated carbocycles. The molecular weight excluding hydrogens is 189 g/mol. The Kier molecular flexibility index (Phi) is 1.99. The number of benzene rings is 1. The van der Waals surface area contributed by atoms with E-state index in [-0.39, 0.29) is 0 Å². The van der Waals surface area contributed by atoms with Crippen LogP contribution in [0.2, 0.25) is 0 Å². The van der Waals surface area contributed by atoms with Crippen molar-refractivity contribution in [2.24, 2.45) is 0 Å². The first-order chi connectivity index (χ1) is 5.82. The molecule has 1 aromatic carbocycles. The second kappa shape index (κ2) is 2.72. The Hall–Kier alpha value is -1.59. The van der Waals surface area contributed by atoms with Crippen LogP contribution in [0.25, 0.3) is 0 Å². The van der Waals surface area contributed by atoms with Gasteiger partial charge >= 0.3 is 6.18 Å². The van der Waals surface area contributed by atoms with E-state index in [9.17, 15) is 13.2 Å². The number of aromatic hydroxyl groups is 3. The van der Waals surface area contributed by atoms with Crippen LogP contribution in [-0.2, 0) is 6.18 Å². The summed E-state index contributed by atoms with van der Waals surface area (Å²) in [6.45, 7) is 0. The zero-order chi connectivity index (χ0) is 10.2. The first kappa shape index (κ1) is 9.50. The van der Waals surface area contributed by atoms with Crippen LogP contribution in [0.3, 0.4) is 0 Å². The zero-order valence-electron chi connectivity index (χ0n) is 6.13. The van der Waals surface area contributed by atoms with Gasteiger partial charge in [0.2, 0.25) is 0 Å². The summed E-state index contributed by atoms with van der Waals surface area (Å²) >= 11 is 0. The average molecular weight is 194 g/mol. The lowest BCUT2D eigenvalue weighted by molar-refractivity contribution is -0.139. The molecule has 0 atom stereocenters. The molecule has 0 radical (unpaired) electrons. The molecule has 1 aromatic rings. The summed E-state index contributed by atoms with van der Waals surface area (Å²) in [6.07, 6.45) is -4.81. The molecule has 0 aromatic heterocycles. The SMILES string of the molecule is Oc1cc(O)c(O)c(C(F)(F)F)c1. The maximum Gasteiger partial charge on any atom is 0.420 e. The van der Waals surface area contributed by atoms with Crippen molar-refractivity contribution in [1.82, 2.24) is 0 Å². The van der Waals surface area contributed by atoms with Crippen LogP contribution in [0.15, 0.2) is 12.1 Å². The highest BCUT2D eigenvalue weighted by Gasteiger charge is 2.35. The minimum atomic E-state index is -4.81. The van der Waals surface area contributed by atoms with E-state index in [2.05, 4.69) is 0 Å². The van der Waals surface area contributed by atoms with E-state index in [1.807, 2.05) is 0 Å². The lowest BCUT2D eigenvalue weighted by atomic mass is 10.1. The van der Waals surface area contributed by atoms with Crippen LogP contribution in [0.5, 0.6) is 17.2 Å². The summed E-state index contributed by atoms with van der Waals surface area (Å²) in [5.41, 5.74) is -1.47. The van der Waals surface area contributed by atoms with Gasteiger partial charge in [0.05, 0.1) is 0 Å². The molecule has 0 fully saturated rings. The smallest absolute Gasteiger partial charge is 0.420 e. The predicted octanol–water partition coefficient (Wildman–Crippen LogP) is 1.82. The number of hydrogen-bond donors (Lipinski definition) is 3. The van der Waals surface area contributed by atoms with Gasteiger partial charge in [-0.15, -0.1) is 0 Å². The molecule has 0 spiro atoms. The molecule has 13 heavy (non-hydrogen) atoms. The third-order valence-electron chi connectivity index (χ3n) is 1.38. The summed E-state index contributed by atoms with van der Waals surface area (Å²) in [4.78, 5) is 0. The molecule has 72 valence electrons. The fourth-order valence-electron chi connectivity index (χ4n) is 0.820. The van der Waals surface area contributed by atoms with Crippen LogP contribution >= 0.6 is 0 Å². The highest BCUT2D eigenvalue weighted by Crippen LogP contribution is 2.42. The topological polar surface area (TPSA) is 60.7 Å². The molecule has 0 amide bonds. The fourth-order valence-corrected chi connectivity index (χ4v) is 0.820. The Bertz CT molecular complexity index is 332. The van der Waals surface area contributed by atoms with Crippen molar-refractivity contribution in [2.45, 2.75) is 6.18 Å². The summed E-state index contributed by atoms with van der Waals surface area (Å²) in [5, 5.41) is 26.2. The quantitative estimate of drug-likeness (QED) is 0.436. The number of hydrogen-bond acceptors (Lipinski definition) is 3. The van der Waals surface area contributed by atoms with Gasteiger partial charge in [0.25, 0.3) is 0 Å². The number of halogens is 3. The molecule has 0 heterocycles. The Morgan fingerprint density at radius 2 is 1.54 bits per heavy atom.